The Kier molecular flexibility index (Phi) is 3.05. The van der Waals surface area contributed by atoms with Gasteiger partial charge in [-0.2, -0.15) is 0 Å². The van der Waals surface area contributed by atoms with Crippen LogP contribution in [0, 0.1) is 0 Å². The third-order valence-corrected chi connectivity index (χ3v) is 3.67. The molecule has 4 nitrogen and oxygen atoms in total. The number of rotatable bonds is 3. The molecule has 0 radical (unpaired) electrons. The first-order valence-electron chi connectivity index (χ1n) is 5.77. The maximum atomic E-state index is 5.44. The maximum Gasteiger partial charge on any atom is 0.130 e. The molecule has 0 spiro atoms. The number of aromatic nitrogens is 2. The van der Waals surface area contributed by atoms with E-state index in [4.69, 9.17) is 9.47 Å². The monoisotopic (exact) mass is 272 g/mol. The van der Waals surface area contributed by atoms with Crippen LogP contribution in [0.3, 0.4) is 0 Å². The minimum atomic E-state index is 0.764. The molecule has 1 heterocycles. The lowest BCUT2D eigenvalue weighted by atomic mass is 10.0. The summed E-state index contributed by atoms with van der Waals surface area (Å²) in [5.41, 5.74) is 2.91. The van der Waals surface area contributed by atoms with Crippen LogP contribution < -0.4 is 9.47 Å². The van der Waals surface area contributed by atoms with Gasteiger partial charge in [-0.05, 0) is 29.7 Å². The summed E-state index contributed by atoms with van der Waals surface area (Å²) >= 11 is 1.39. The van der Waals surface area contributed by atoms with Crippen molar-refractivity contribution < 1.29 is 9.47 Å². The SMILES string of the molecule is COc1ccc(-c2cccc3snnc23)c(OC)c1. The fourth-order valence-electron chi connectivity index (χ4n) is 2.04. The van der Waals surface area contributed by atoms with Crippen LogP contribution in [-0.4, -0.2) is 23.8 Å². The fourth-order valence-corrected chi connectivity index (χ4v) is 2.63. The number of hydrogen-bond donors (Lipinski definition) is 0. The molecule has 0 amide bonds. The Morgan fingerprint density at radius 3 is 2.68 bits per heavy atom. The van der Waals surface area contributed by atoms with Gasteiger partial charge < -0.3 is 9.47 Å². The first-order chi connectivity index (χ1) is 9.33. The molecular formula is C14H12N2O2S. The van der Waals surface area contributed by atoms with Gasteiger partial charge in [-0.3, -0.25) is 0 Å². The highest BCUT2D eigenvalue weighted by Crippen LogP contribution is 2.36. The molecule has 0 saturated carbocycles. The van der Waals surface area contributed by atoms with Crippen molar-refractivity contribution in [1.82, 2.24) is 9.59 Å². The van der Waals surface area contributed by atoms with Crippen LogP contribution in [0.1, 0.15) is 0 Å². The van der Waals surface area contributed by atoms with Crippen LogP contribution in [0.15, 0.2) is 36.4 Å². The minimum absolute atomic E-state index is 0.764. The molecule has 96 valence electrons. The number of fused-ring (bicyclic) bond motifs is 1. The smallest absolute Gasteiger partial charge is 0.130 e. The molecule has 0 aliphatic carbocycles. The quantitative estimate of drug-likeness (QED) is 0.733. The van der Waals surface area contributed by atoms with E-state index in [1.807, 2.05) is 36.4 Å². The molecule has 0 saturated heterocycles. The third-order valence-electron chi connectivity index (χ3n) is 2.98. The van der Waals surface area contributed by atoms with Gasteiger partial charge in [0.2, 0.25) is 0 Å². The molecule has 1 aromatic heterocycles. The molecule has 0 aliphatic rings. The molecule has 5 heteroatoms. The van der Waals surface area contributed by atoms with Gasteiger partial charge >= 0.3 is 0 Å². The molecule has 3 aromatic rings. The Balaban J connectivity index is 2.23. The van der Waals surface area contributed by atoms with E-state index in [-0.39, 0.29) is 0 Å². The van der Waals surface area contributed by atoms with Gasteiger partial charge in [0.25, 0.3) is 0 Å². The molecule has 0 bridgehead atoms. The van der Waals surface area contributed by atoms with Gasteiger partial charge in [-0.25, -0.2) is 0 Å². The number of ether oxygens (including phenoxy) is 2. The first kappa shape index (κ1) is 11.9. The molecule has 0 aliphatic heterocycles. The first-order valence-corrected chi connectivity index (χ1v) is 6.54. The minimum Gasteiger partial charge on any atom is -0.497 e. The van der Waals surface area contributed by atoms with Crippen molar-refractivity contribution in [3.63, 3.8) is 0 Å². The van der Waals surface area contributed by atoms with E-state index in [2.05, 4.69) is 9.59 Å². The Hall–Kier alpha value is -2.14. The van der Waals surface area contributed by atoms with Gasteiger partial charge in [-0.1, -0.05) is 16.6 Å². The molecular weight excluding hydrogens is 260 g/mol. The molecule has 0 unspecified atom stereocenters. The molecule has 2 aromatic carbocycles. The molecule has 3 rings (SSSR count). The lowest BCUT2D eigenvalue weighted by Crippen LogP contribution is -1.91. The van der Waals surface area contributed by atoms with Crippen molar-refractivity contribution in [3.8, 4) is 22.6 Å². The Bertz CT molecular complexity index is 724. The average molecular weight is 272 g/mol. The highest BCUT2D eigenvalue weighted by atomic mass is 32.1. The van der Waals surface area contributed by atoms with Crippen molar-refractivity contribution in [2.24, 2.45) is 0 Å². The predicted molar refractivity (Wildman–Crippen MR) is 76.0 cm³/mol. The van der Waals surface area contributed by atoms with Crippen molar-refractivity contribution in [1.29, 1.82) is 0 Å². The Morgan fingerprint density at radius 1 is 1.00 bits per heavy atom. The molecule has 0 N–H and O–H groups in total. The number of benzene rings is 2. The number of nitrogens with zero attached hydrogens (tertiary/aromatic N) is 2. The lowest BCUT2D eigenvalue weighted by Gasteiger charge is -2.10. The van der Waals surface area contributed by atoms with Gasteiger partial charge in [0.1, 0.15) is 17.0 Å². The maximum absolute atomic E-state index is 5.44. The number of hydrogen-bond acceptors (Lipinski definition) is 5. The third kappa shape index (κ3) is 2.02. The van der Waals surface area contributed by atoms with Gasteiger partial charge in [-0.15, -0.1) is 5.10 Å². The zero-order chi connectivity index (χ0) is 13.2. The van der Waals surface area contributed by atoms with E-state index in [1.54, 1.807) is 14.2 Å². The van der Waals surface area contributed by atoms with Crippen LogP contribution in [-0.2, 0) is 0 Å². The second kappa shape index (κ2) is 4.85. The van der Waals surface area contributed by atoms with Gasteiger partial charge in [0, 0.05) is 17.2 Å². The van der Waals surface area contributed by atoms with E-state index in [0.29, 0.717) is 0 Å². The van der Waals surface area contributed by atoms with Crippen LogP contribution >= 0.6 is 11.5 Å². The summed E-state index contributed by atoms with van der Waals surface area (Å²) in [5.74, 6) is 1.53. The van der Waals surface area contributed by atoms with Crippen LogP contribution in [0.2, 0.25) is 0 Å². The highest BCUT2D eigenvalue weighted by molar-refractivity contribution is 7.13. The predicted octanol–water partition coefficient (Wildman–Crippen LogP) is 3.38. The normalized spacial score (nSPS) is 10.6. The van der Waals surface area contributed by atoms with Crippen molar-refractivity contribution >= 4 is 21.7 Å². The zero-order valence-electron chi connectivity index (χ0n) is 10.6. The van der Waals surface area contributed by atoms with E-state index >= 15 is 0 Å². The Labute approximate surface area is 114 Å². The standard InChI is InChI=1S/C14H12N2O2S/c1-17-9-6-7-10(12(8-9)18-2)11-4-3-5-13-14(11)15-16-19-13/h3-8H,1-2H3. The molecule has 19 heavy (non-hydrogen) atoms. The van der Waals surface area contributed by atoms with E-state index in [9.17, 15) is 0 Å². The van der Waals surface area contributed by atoms with Crippen molar-refractivity contribution in [2.45, 2.75) is 0 Å². The largest absolute Gasteiger partial charge is 0.497 e. The van der Waals surface area contributed by atoms with Crippen LogP contribution in [0.4, 0.5) is 0 Å². The van der Waals surface area contributed by atoms with Crippen LogP contribution in [0.25, 0.3) is 21.3 Å². The topological polar surface area (TPSA) is 44.2 Å². The second-order valence-electron chi connectivity index (χ2n) is 3.99. The summed E-state index contributed by atoms with van der Waals surface area (Å²) in [5, 5.41) is 4.19. The summed E-state index contributed by atoms with van der Waals surface area (Å²) < 4.78 is 15.7. The van der Waals surface area contributed by atoms with E-state index < -0.39 is 0 Å². The summed E-state index contributed by atoms with van der Waals surface area (Å²) in [6.45, 7) is 0. The van der Waals surface area contributed by atoms with Gasteiger partial charge in [0.15, 0.2) is 0 Å². The molecule has 0 atom stereocenters. The van der Waals surface area contributed by atoms with Crippen LogP contribution in [0.5, 0.6) is 11.5 Å². The van der Waals surface area contributed by atoms with Gasteiger partial charge in [0.05, 0.1) is 18.9 Å². The van der Waals surface area contributed by atoms with E-state index in [1.165, 1.54) is 11.5 Å². The van der Waals surface area contributed by atoms with Crippen molar-refractivity contribution in [3.05, 3.63) is 36.4 Å². The summed E-state index contributed by atoms with van der Waals surface area (Å²) in [6, 6.07) is 11.8. The zero-order valence-corrected chi connectivity index (χ0v) is 11.4. The van der Waals surface area contributed by atoms with Crippen molar-refractivity contribution in [2.75, 3.05) is 14.2 Å². The fraction of sp³-hybridized carbons (Fsp3) is 0.143. The molecule has 0 fully saturated rings. The summed E-state index contributed by atoms with van der Waals surface area (Å²) in [7, 11) is 3.29. The highest BCUT2D eigenvalue weighted by Gasteiger charge is 2.12. The van der Waals surface area contributed by atoms with E-state index in [0.717, 1.165) is 32.8 Å². The summed E-state index contributed by atoms with van der Waals surface area (Å²) in [4.78, 5) is 0. The lowest BCUT2D eigenvalue weighted by molar-refractivity contribution is 0.395. The summed E-state index contributed by atoms with van der Waals surface area (Å²) in [6.07, 6.45) is 0. The number of methoxy groups -OCH3 is 2. The average Bonchev–Trinajstić information content (AvgIpc) is 2.95. The Morgan fingerprint density at radius 2 is 1.89 bits per heavy atom. The second-order valence-corrected chi connectivity index (χ2v) is 4.78.